The maximum absolute atomic E-state index is 8.72. The Bertz CT molecular complexity index is 202. The van der Waals surface area contributed by atoms with Gasteiger partial charge in [0.15, 0.2) is 0 Å². The lowest BCUT2D eigenvalue weighted by molar-refractivity contribution is 0.112. The number of ether oxygens (including phenoxy) is 1. The molecule has 1 aliphatic rings. The molecular formula is C9H16N2O2. The second-order valence-corrected chi connectivity index (χ2v) is 2.86. The van der Waals surface area contributed by atoms with Gasteiger partial charge in [-0.2, -0.15) is 0 Å². The first-order valence-electron chi connectivity index (χ1n) is 4.37. The van der Waals surface area contributed by atoms with Crippen molar-refractivity contribution >= 4 is 0 Å². The van der Waals surface area contributed by atoms with Gasteiger partial charge in [0, 0.05) is 11.6 Å². The molecule has 0 fully saturated rings. The van der Waals surface area contributed by atoms with E-state index in [9.17, 15) is 0 Å². The topological polar surface area (TPSA) is 67.5 Å². The maximum Gasteiger partial charge on any atom is 0.113 e. The Morgan fingerprint density at radius 1 is 1.69 bits per heavy atom. The van der Waals surface area contributed by atoms with Gasteiger partial charge in [0.05, 0.1) is 13.3 Å². The third kappa shape index (κ3) is 3.18. The molecular weight excluding hydrogens is 168 g/mol. The molecule has 1 atom stereocenters. The highest BCUT2D eigenvalue weighted by Crippen LogP contribution is 2.18. The van der Waals surface area contributed by atoms with E-state index in [0.717, 1.165) is 12.1 Å². The molecule has 0 heterocycles. The van der Waals surface area contributed by atoms with Gasteiger partial charge in [-0.05, 0) is 12.5 Å². The predicted octanol–water partition coefficient (Wildman–Crippen LogP) is -0.0814. The van der Waals surface area contributed by atoms with E-state index in [1.807, 2.05) is 12.2 Å². The zero-order valence-electron chi connectivity index (χ0n) is 7.57. The van der Waals surface area contributed by atoms with Crippen LogP contribution in [0.4, 0.5) is 0 Å². The molecule has 74 valence electrons. The fraction of sp³-hybridized carbons (Fsp3) is 0.556. The molecule has 0 bridgehead atoms. The average molecular weight is 184 g/mol. The van der Waals surface area contributed by atoms with E-state index in [2.05, 4.69) is 11.4 Å². The Hall–Kier alpha value is -0.840. The van der Waals surface area contributed by atoms with Crippen molar-refractivity contribution in [2.45, 2.75) is 6.42 Å². The Kier molecular flexibility index (Phi) is 4.53. The molecule has 13 heavy (non-hydrogen) atoms. The van der Waals surface area contributed by atoms with Gasteiger partial charge in [-0.1, -0.05) is 12.2 Å². The molecule has 0 radical (unpaired) electrons. The van der Waals surface area contributed by atoms with E-state index < -0.39 is 0 Å². The van der Waals surface area contributed by atoms with Gasteiger partial charge < -0.3 is 20.9 Å². The number of rotatable bonds is 5. The number of hydrogen-bond donors (Lipinski definition) is 3. The summed E-state index contributed by atoms with van der Waals surface area (Å²) in [6.07, 6.45) is 6.92. The van der Waals surface area contributed by atoms with E-state index in [4.69, 9.17) is 15.6 Å². The van der Waals surface area contributed by atoms with Crippen LogP contribution in [0.25, 0.3) is 0 Å². The van der Waals surface area contributed by atoms with Crippen LogP contribution in [0.2, 0.25) is 0 Å². The van der Waals surface area contributed by atoms with E-state index in [1.54, 1.807) is 0 Å². The highest BCUT2D eigenvalue weighted by atomic mass is 16.5. The Morgan fingerprint density at radius 3 is 3.23 bits per heavy atom. The standard InChI is InChI=1S/C9H16N2O2/c10-6-13-5-8-3-1-2-4-9(8)11-7-12/h1-2,4,8,11-12H,3,5-7,10H2. The summed E-state index contributed by atoms with van der Waals surface area (Å²) in [6, 6.07) is 0. The number of aliphatic hydroxyl groups is 1. The second-order valence-electron chi connectivity index (χ2n) is 2.86. The summed E-state index contributed by atoms with van der Waals surface area (Å²) in [6.45, 7) is 0.797. The predicted molar refractivity (Wildman–Crippen MR) is 50.6 cm³/mol. The minimum Gasteiger partial charge on any atom is -0.377 e. The van der Waals surface area contributed by atoms with Crippen LogP contribution >= 0.6 is 0 Å². The lowest BCUT2D eigenvalue weighted by Crippen LogP contribution is -2.26. The van der Waals surface area contributed by atoms with Crippen molar-refractivity contribution in [3.63, 3.8) is 0 Å². The number of hydrogen-bond acceptors (Lipinski definition) is 4. The van der Waals surface area contributed by atoms with Crippen LogP contribution in [0.15, 0.2) is 23.9 Å². The molecule has 0 aromatic rings. The number of allylic oxidation sites excluding steroid dienone is 3. The van der Waals surface area contributed by atoms with Crippen molar-refractivity contribution in [1.29, 1.82) is 0 Å². The van der Waals surface area contributed by atoms with Crippen LogP contribution in [-0.4, -0.2) is 25.2 Å². The van der Waals surface area contributed by atoms with Crippen LogP contribution in [0, 0.1) is 5.92 Å². The van der Waals surface area contributed by atoms with Crippen molar-refractivity contribution in [3.8, 4) is 0 Å². The Labute approximate surface area is 78.1 Å². The quantitative estimate of drug-likeness (QED) is 0.523. The molecule has 1 rings (SSSR count). The SMILES string of the molecule is NCOCC1CC=CC=C1NCO. The third-order valence-corrected chi connectivity index (χ3v) is 1.99. The largest absolute Gasteiger partial charge is 0.377 e. The summed E-state index contributed by atoms with van der Waals surface area (Å²) in [5.41, 5.74) is 6.25. The minimum atomic E-state index is -0.0429. The summed E-state index contributed by atoms with van der Waals surface area (Å²) in [4.78, 5) is 0. The average Bonchev–Trinajstić information content (AvgIpc) is 2.17. The summed E-state index contributed by atoms with van der Waals surface area (Å²) in [7, 11) is 0. The molecule has 0 aromatic heterocycles. The molecule has 0 saturated heterocycles. The zero-order valence-corrected chi connectivity index (χ0v) is 7.57. The fourth-order valence-corrected chi connectivity index (χ4v) is 1.34. The van der Waals surface area contributed by atoms with E-state index in [-0.39, 0.29) is 13.5 Å². The van der Waals surface area contributed by atoms with Crippen LogP contribution < -0.4 is 11.1 Å². The van der Waals surface area contributed by atoms with Crippen molar-refractivity contribution in [2.75, 3.05) is 20.1 Å². The molecule has 0 aromatic carbocycles. The molecule has 1 aliphatic carbocycles. The summed E-state index contributed by atoms with van der Waals surface area (Å²) in [5, 5.41) is 11.6. The van der Waals surface area contributed by atoms with Gasteiger partial charge in [-0.25, -0.2) is 0 Å². The monoisotopic (exact) mass is 184 g/mol. The van der Waals surface area contributed by atoms with Gasteiger partial charge in [0.1, 0.15) is 6.73 Å². The van der Waals surface area contributed by atoms with Crippen molar-refractivity contribution in [2.24, 2.45) is 11.7 Å². The highest BCUT2D eigenvalue weighted by molar-refractivity contribution is 5.19. The van der Waals surface area contributed by atoms with Gasteiger partial charge in [-0.3, -0.25) is 0 Å². The molecule has 0 saturated carbocycles. The first-order chi connectivity index (χ1) is 6.38. The first kappa shape index (κ1) is 10.2. The third-order valence-electron chi connectivity index (χ3n) is 1.99. The molecule has 0 aliphatic heterocycles. The molecule has 4 heteroatoms. The number of aliphatic hydroxyl groups excluding tert-OH is 1. The smallest absolute Gasteiger partial charge is 0.113 e. The van der Waals surface area contributed by atoms with Crippen molar-refractivity contribution < 1.29 is 9.84 Å². The minimum absolute atomic E-state index is 0.0429. The lowest BCUT2D eigenvalue weighted by Gasteiger charge is -2.21. The molecule has 0 spiro atoms. The van der Waals surface area contributed by atoms with E-state index in [1.165, 1.54) is 0 Å². The number of nitrogens with one attached hydrogen (secondary N) is 1. The van der Waals surface area contributed by atoms with Crippen molar-refractivity contribution in [1.82, 2.24) is 5.32 Å². The number of nitrogens with two attached hydrogens (primary N) is 1. The normalized spacial score (nSPS) is 21.4. The first-order valence-corrected chi connectivity index (χ1v) is 4.37. The summed E-state index contributed by atoms with van der Waals surface area (Å²) in [5.74, 6) is 0.292. The van der Waals surface area contributed by atoms with Gasteiger partial charge >= 0.3 is 0 Å². The van der Waals surface area contributed by atoms with E-state index >= 15 is 0 Å². The van der Waals surface area contributed by atoms with Gasteiger partial charge in [-0.15, -0.1) is 0 Å². The molecule has 0 amide bonds. The van der Waals surface area contributed by atoms with Crippen LogP contribution in [0.5, 0.6) is 0 Å². The Balaban J connectivity index is 2.43. The van der Waals surface area contributed by atoms with Gasteiger partial charge in [0.25, 0.3) is 0 Å². The lowest BCUT2D eigenvalue weighted by atomic mass is 9.98. The van der Waals surface area contributed by atoms with Crippen LogP contribution in [0.3, 0.4) is 0 Å². The highest BCUT2D eigenvalue weighted by Gasteiger charge is 2.14. The van der Waals surface area contributed by atoms with E-state index in [0.29, 0.717) is 12.5 Å². The molecule has 4 nitrogen and oxygen atoms in total. The molecule has 4 N–H and O–H groups in total. The van der Waals surface area contributed by atoms with Crippen LogP contribution in [-0.2, 0) is 4.74 Å². The van der Waals surface area contributed by atoms with Crippen LogP contribution in [0.1, 0.15) is 6.42 Å². The summed E-state index contributed by atoms with van der Waals surface area (Å²) >= 11 is 0. The van der Waals surface area contributed by atoms with Crippen molar-refractivity contribution in [3.05, 3.63) is 23.9 Å². The maximum atomic E-state index is 8.72. The second kappa shape index (κ2) is 5.75. The summed E-state index contributed by atoms with van der Waals surface area (Å²) < 4.78 is 5.13. The molecule has 1 unspecified atom stereocenters. The fourth-order valence-electron chi connectivity index (χ4n) is 1.34. The zero-order chi connectivity index (χ0) is 9.52. The van der Waals surface area contributed by atoms with Gasteiger partial charge in [0.2, 0.25) is 0 Å². The Morgan fingerprint density at radius 2 is 2.54 bits per heavy atom.